The second-order valence-corrected chi connectivity index (χ2v) is 4.76. The normalized spacial score (nSPS) is 10.4. The Morgan fingerprint density at radius 2 is 1.80 bits per heavy atom. The molecular formula is C11H23IN2O. The van der Waals surface area contributed by atoms with Crippen LogP contribution in [-0.2, 0) is 4.79 Å². The summed E-state index contributed by atoms with van der Waals surface area (Å²) in [5.41, 5.74) is 0.580. The van der Waals surface area contributed by atoms with Gasteiger partial charge in [-0.3, -0.25) is 4.79 Å². The molecule has 0 aromatic heterocycles. The first kappa shape index (κ1) is 17.3. The van der Waals surface area contributed by atoms with Crippen molar-refractivity contribution in [2.75, 3.05) is 34.2 Å². The van der Waals surface area contributed by atoms with E-state index in [1.165, 1.54) is 0 Å². The Labute approximate surface area is 111 Å². The van der Waals surface area contributed by atoms with E-state index in [0.29, 0.717) is 5.57 Å². The number of carbonyl (C=O) groups excluding carboxylic acids is 1. The summed E-state index contributed by atoms with van der Waals surface area (Å²) < 4.78 is 0.981. The summed E-state index contributed by atoms with van der Waals surface area (Å²) in [5, 5.41) is 2.82. The molecule has 1 amide bonds. The Morgan fingerprint density at radius 3 is 2.20 bits per heavy atom. The van der Waals surface area contributed by atoms with Gasteiger partial charge in [-0.05, 0) is 19.8 Å². The van der Waals surface area contributed by atoms with Gasteiger partial charge in [-0.25, -0.2) is 0 Å². The number of rotatable bonds is 6. The number of unbranched alkanes of at least 4 members (excludes halogenated alkanes) is 1. The third kappa shape index (κ3) is 11.8. The molecule has 1 N–H and O–H groups in total. The van der Waals surface area contributed by atoms with Crippen LogP contribution in [0.15, 0.2) is 12.2 Å². The van der Waals surface area contributed by atoms with E-state index in [9.17, 15) is 4.79 Å². The quantitative estimate of drug-likeness (QED) is 0.265. The fourth-order valence-corrected chi connectivity index (χ4v) is 1.06. The Morgan fingerprint density at radius 1 is 1.27 bits per heavy atom. The number of nitrogens with one attached hydrogen (secondary N) is 1. The van der Waals surface area contributed by atoms with Gasteiger partial charge in [0.15, 0.2) is 0 Å². The van der Waals surface area contributed by atoms with E-state index in [1.54, 1.807) is 6.92 Å². The van der Waals surface area contributed by atoms with Crippen LogP contribution in [0.2, 0.25) is 0 Å². The van der Waals surface area contributed by atoms with Crippen molar-refractivity contribution in [3.63, 3.8) is 0 Å². The van der Waals surface area contributed by atoms with E-state index in [2.05, 4.69) is 33.0 Å². The van der Waals surface area contributed by atoms with Gasteiger partial charge in [0.1, 0.15) is 0 Å². The molecule has 15 heavy (non-hydrogen) atoms. The smallest absolute Gasteiger partial charge is 0.246 e. The highest BCUT2D eigenvalue weighted by molar-refractivity contribution is 5.91. The highest BCUT2D eigenvalue weighted by atomic mass is 127. The van der Waals surface area contributed by atoms with Crippen LogP contribution in [0.3, 0.4) is 0 Å². The SMILES string of the molecule is C=C(C)C(=O)NCCCC[N+](C)(C)C.[I-]. The van der Waals surface area contributed by atoms with E-state index in [4.69, 9.17) is 0 Å². The van der Waals surface area contributed by atoms with E-state index in [1.807, 2.05) is 0 Å². The van der Waals surface area contributed by atoms with Crippen molar-refractivity contribution in [2.24, 2.45) is 0 Å². The lowest BCUT2D eigenvalue weighted by atomic mass is 10.2. The molecule has 3 nitrogen and oxygen atoms in total. The number of carbonyl (C=O) groups is 1. The number of amides is 1. The molecule has 0 saturated carbocycles. The van der Waals surface area contributed by atoms with E-state index < -0.39 is 0 Å². The Bertz CT molecular complexity index is 209. The van der Waals surface area contributed by atoms with Crippen LogP contribution in [0.1, 0.15) is 19.8 Å². The third-order valence-electron chi connectivity index (χ3n) is 1.93. The number of hydrogen-bond acceptors (Lipinski definition) is 1. The minimum atomic E-state index is -0.0322. The monoisotopic (exact) mass is 326 g/mol. The van der Waals surface area contributed by atoms with Crippen molar-refractivity contribution in [1.29, 1.82) is 0 Å². The Balaban J connectivity index is 0. The minimum absolute atomic E-state index is 0. The number of halogens is 1. The summed E-state index contributed by atoms with van der Waals surface area (Å²) >= 11 is 0. The summed E-state index contributed by atoms with van der Waals surface area (Å²) in [6.07, 6.45) is 2.18. The van der Waals surface area contributed by atoms with Crippen molar-refractivity contribution in [1.82, 2.24) is 5.32 Å². The Kier molecular flexibility index (Phi) is 9.34. The second-order valence-electron chi connectivity index (χ2n) is 4.76. The van der Waals surface area contributed by atoms with Crippen molar-refractivity contribution >= 4 is 5.91 Å². The third-order valence-corrected chi connectivity index (χ3v) is 1.93. The molecule has 4 heteroatoms. The number of nitrogens with zero attached hydrogens (tertiary/aromatic N) is 1. The molecule has 0 spiro atoms. The van der Waals surface area contributed by atoms with Gasteiger partial charge >= 0.3 is 0 Å². The lowest BCUT2D eigenvalue weighted by Gasteiger charge is -2.23. The molecule has 0 rings (SSSR count). The molecule has 0 aromatic carbocycles. The van der Waals surface area contributed by atoms with E-state index in [-0.39, 0.29) is 29.9 Å². The Hall–Kier alpha value is -0.100. The summed E-state index contributed by atoms with van der Waals surface area (Å²) in [7, 11) is 6.52. The van der Waals surface area contributed by atoms with Crippen LogP contribution >= 0.6 is 0 Å². The van der Waals surface area contributed by atoms with Gasteiger partial charge in [-0.2, -0.15) is 0 Å². The fourth-order valence-electron chi connectivity index (χ4n) is 1.06. The molecular weight excluding hydrogens is 303 g/mol. The first-order chi connectivity index (χ1) is 6.33. The molecule has 0 bridgehead atoms. The zero-order valence-corrected chi connectivity index (χ0v) is 12.4. The molecule has 0 saturated heterocycles. The first-order valence-electron chi connectivity index (χ1n) is 5.07. The largest absolute Gasteiger partial charge is 1.00 e. The maximum absolute atomic E-state index is 11.1. The van der Waals surface area contributed by atoms with Gasteiger partial charge < -0.3 is 33.8 Å². The van der Waals surface area contributed by atoms with Gasteiger partial charge in [-0.15, -0.1) is 0 Å². The summed E-state index contributed by atoms with van der Waals surface area (Å²) in [6.45, 7) is 7.20. The van der Waals surface area contributed by atoms with Crippen molar-refractivity contribution < 1.29 is 33.3 Å². The molecule has 0 aromatic rings. The molecule has 90 valence electrons. The average molecular weight is 326 g/mol. The lowest BCUT2D eigenvalue weighted by molar-refractivity contribution is -0.870. The molecule has 0 fully saturated rings. The lowest BCUT2D eigenvalue weighted by Crippen LogP contribution is -3.00. The summed E-state index contributed by atoms with van der Waals surface area (Å²) in [6, 6.07) is 0. The maximum atomic E-state index is 11.1. The van der Waals surface area contributed by atoms with E-state index in [0.717, 1.165) is 30.4 Å². The molecule has 0 atom stereocenters. The predicted molar refractivity (Wildman–Crippen MR) is 60.0 cm³/mol. The zero-order chi connectivity index (χ0) is 11.2. The molecule has 0 heterocycles. The van der Waals surface area contributed by atoms with Crippen LogP contribution in [0.5, 0.6) is 0 Å². The molecule has 0 aliphatic heterocycles. The van der Waals surface area contributed by atoms with Crippen molar-refractivity contribution in [2.45, 2.75) is 19.8 Å². The van der Waals surface area contributed by atoms with Crippen LogP contribution in [0, 0.1) is 0 Å². The van der Waals surface area contributed by atoms with Gasteiger partial charge in [0.05, 0.1) is 27.7 Å². The van der Waals surface area contributed by atoms with Crippen LogP contribution in [0.25, 0.3) is 0 Å². The first-order valence-corrected chi connectivity index (χ1v) is 5.07. The van der Waals surface area contributed by atoms with Crippen molar-refractivity contribution in [3.8, 4) is 0 Å². The van der Waals surface area contributed by atoms with Gasteiger partial charge in [-0.1, -0.05) is 6.58 Å². The van der Waals surface area contributed by atoms with Gasteiger partial charge in [0.25, 0.3) is 0 Å². The zero-order valence-electron chi connectivity index (χ0n) is 10.3. The van der Waals surface area contributed by atoms with Crippen molar-refractivity contribution in [3.05, 3.63) is 12.2 Å². The highest BCUT2D eigenvalue weighted by Gasteiger charge is 2.05. The second kappa shape index (κ2) is 8.10. The average Bonchev–Trinajstić information content (AvgIpc) is 2.01. The molecule has 0 aliphatic rings. The molecule has 0 radical (unpaired) electrons. The van der Waals surface area contributed by atoms with Crippen LogP contribution < -0.4 is 29.3 Å². The van der Waals surface area contributed by atoms with Gasteiger partial charge in [0.2, 0.25) is 5.91 Å². The summed E-state index contributed by atoms with van der Waals surface area (Å²) in [5.74, 6) is -0.0322. The molecule has 0 unspecified atom stereocenters. The minimum Gasteiger partial charge on any atom is -1.00 e. The maximum Gasteiger partial charge on any atom is 0.246 e. The predicted octanol–water partition coefficient (Wildman–Crippen LogP) is -1.83. The summed E-state index contributed by atoms with van der Waals surface area (Å²) in [4.78, 5) is 11.1. The van der Waals surface area contributed by atoms with E-state index >= 15 is 0 Å². The van der Waals surface area contributed by atoms with Crippen LogP contribution in [-0.4, -0.2) is 44.6 Å². The topological polar surface area (TPSA) is 29.1 Å². The number of quaternary nitrogens is 1. The van der Waals surface area contributed by atoms with Gasteiger partial charge in [0, 0.05) is 12.1 Å². The number of hydrogen-bond donors (Lipinski definition) is 1. The fraction of sp³-hybridized carbons (Fsp3) is 0.727. The standard InChI is InChI=1S/C11H22N2O.HI/c1-10(2)11(14)12-8-6-7-9-13(3,4)5;/h1,6-9H2,2-5H3;1H. The highest BCUT2D eigenvalue weighted by Crippen LogP contribution is 1.96. The molecule has 0 aliphatic carbocycles. The van der Waals surface area contributed by atoms with Crippen LogP contribution in [0.4, 0.5) is 0 Å².